The number of amides is 1. The number of carbonyl (C=O) groups excluding carboxylic acids is 1. The van der Waals surface area contributed by atoms with Gasteiger partial charge in [-0.25, -0.2) is 0 Å². The van der Waals surface area contributed by atoms with Crippen molar-refractivity contribution in [2.24, 2.45) is 5.92 Å². The van der Waals surface area contributed by atoms with Crippen LogP contribution in [0.15, 0.2) is 24.3 Å². The second-order valence-corrected chi connectivity index (χ2v) is 5.67. The van der Waals surface area contributed by atoms with Crippen molar-refractivity contribution in [3.05, 3.63) is 35.4 Å². The fourth-order valence-electron chi connectivity index (χ4n) is 2.33. The maximum Gasteiger partial charge on any atom is 0.416 e. The van der Waals surface area contributed by atoms with E-state index in [1.165, 1.54) is 12.1 Å². The van der Waals surface area contributed by atoms with Crippen LogP contribution in [0.5, 0.6) is 0 Å². The molecule has 0 aliphatic heterocycles. The van der Waals surface area contributed by atoms with Gasteiger partial charge in [-0.05, 0) is 43.4 Å². The van der Waals surface area contributed by atoms with E-state index in [1.54, 1.807) is 0 Å². The first-order chi connectivity index (χ1) is 9.45. The highest BCUT2D eigenvalue weighted by atomic mass is 19.4. The first-order valence-corrected chi connectivity index (χ1v) is 6.92. The van der Waals surface area contributed by atoms with Crippen molar-refractivity contribution < 1.29 is 18.0 Å². The SMILES string of the molecule is O=C(C1CC1)N(Cc1ccc(C(F)(F)F)cc1)C1CC1. The third kappa shape index (κ3) is 2.97. The summed E-state index contributed by atoms with van der Waals surface area (Å²) < 4.78 is 37.5. The summed E-state index contributed by atoms with van der Waals surface area (Å²) in [6.07, 6.45) is -0.374. The Hall–Kier alpha value is -1.52. The lowest BCUT2D eigenvalue weighted by atomic mass is 10.1. The van der Waals surface area contributed by atoms with Gasteiger partial charge in [0, 0.05) is 18.5 Å². The van der Waals surface area contributed by atoms with E-state index >= 15 is 0 Å². The molecule has 2 saturated carbocycles. The Morgan fingerprint density at radius 1 is 1.10 bits per heavy atom. The zero-order valence-electron chi connectivity index (χ0n) is 11.0. The highest BCUT2D eigenvalue weighted by Gasteiger charge is 2.40. The molecule has 20 heavy (non-hydrogen) atoms. The predicted molar refractivity (Wildman–Crippen MR) is 67.7 cm³/mol. The normalized spacial score (nSPS) is 18.9. The molecule has 0 unspecified atom stereocenters. The summed E-state index contributed by atoms with van der Waals surface area (Å²) in [6, 6.07) is 5.41. The topological polar surface area (TPSA) is 20.3 Å². The first-order valence-electron chi connectivity index (χ1n) is 6.92. The van der Waals surface area contributed by atoms with Crippen LogP contribution < -0.4 is 0 Å². The lowest BCUT2D eigenvalue weighted by Gasteiger charge is -2.22. The van der Waals surface area contributed by atoms with E-state index in [9.17, 15) is 18.0 Å². The molecule has 2 aliphatic carbocycles. The van der Waals surface area contributed by atoms with Crippen LogP contribution in [0.3, 0.4) is 0 Å². The zero-order valence-corrected chi connectivity index (χ0v) is 11.0. The van der Waals surface area contributed by atoms with Crippen LogP contribution in [0.2, 0.25) is 0 Å². The molecule has 0 radical (unpaired) electrons. The molecule has 1 aromatic carbocycles. The van der Waals surface area contributed by atoms with Crippen LogP contribution in [0.25, 0.3) is 0 Å². The molecule has 0 bridgehead atoms. The number of carbonyl (C=O) groups is 1. The van der Waals surface area contributed by atoms with E-state index in [4.69, 9.17) is 0 Å². The van der Waals surface area contributed by atoms with Crippen LogP contribution in [0.4, 0.5) is 13.2 Å². The van der Waals surface area contributed by atoms with Gasteiger partial charge < -0.3 is 4.90 Å². The summed E-state index contributed by atoms with van der Waals surface area (Å²) in [7, 11) is 0. The first kappa shape index (κ1) is 13.5. The number of hydrogen-bond acceptors (Lipinski definition) is 1. The minimum Gasteiger partial charge on any atom is -0.335 e. The van der Waals surface area contributed by atoms with Gasteiger partial charge >= 0.3 is 6.18 Å². The van der Waals surface area contributed by atoms with Gasteiger partial charge in [0.05, 0.1) is 5.56 Å². The van der Waals surface area contributed by atoms with Crippen molar-refractivity contribution in [2.75, 3.05) is 0 Å². The minimum atomic E-state index is -4.31. The highest BCUT2D eigenvalue weighted by molar-refractivity contribution is 5.81. The summed E-state index contributed by atoms with van der Waals surface area (Å²) in [5.74, 6) is 0.331. The Morgan fingerprint density at radius 2 is 1.70 bits per heavy atom. The van der Waals surface area contributed by atoms with E-state index < -0.39 is 11.7 Å². The quantitative estimate of drug-likeness (QED) is 0.826. The van der Waals surface area contributed by atoms with Crippen LogP contribution in [-0.4, -0.2) is 16.8 Å². The molecule has 2 aliphatic rings. The largest absolute Gasteiger partial charge is 0.416 e. The van der Waals surface area contributed by atoms with Crippen LogP contribution in [-0.2, 0) is 17.5 Å². The highest BCUT2D eigenvalue weighted by Crippen LogP contribution is 2.37. The Bertz CT molecular complexity index is 501. The van der Waals surface area contributed by atoms with E-state index in [-0.39, 0.29) is 11.8 Å². The van der Waals surface area contributed by atoms with Gasteiger partial charge in [-0.1, -0.05) is 12.1 Å². The summed E-state index contributed by atoms with van der Waals surface area (Å²) in [5.41, 5.74) is 0.117. The van der Waals surface area contributed by atoms with Crippen LogP contribution >= 0.6 is 0 Å². The summed E-state index contributed by atoms with van der Waals surface area (Å²) >= 11 is 0. The predicted octanol–water partition coefficient (Wildman–Crippen LogP) is 3.61. The molecular formula is C15H16F3NO. The van der Waals surface area contributed by atoms with Crippen molar-refractivity contribution >= 4 is 5.91 Å². The average Bonchev–Trinajstić information content (AvgIpc) is 3.28. The van der Waals surface area contributed by atoms with Crippen molar-refractivity contribution in [3.8, 4) is 0 Å². The van der Waals surface area contributed by atoms with Gasteiger partial charge in [0.25, 0.3) is 0 Å². The van der Waals surface area contributed by atoms with E-state index in [1.807, 2.05) is 4.90 Å². The van der Waals surface area contributed by atoms with Crippen molar-refractivity contribution in [2.45, 2.75) is 44.4 Å². The summed E-state index contributed by atoms with van der Waals surface area (Å²) in [4.78, 5) is 14.0. The van der Waals surface area contributed by atoms with Crippen molar-refractivity contribution in [1.29, 1.82) is 0 Å². The van der Waals surface area contributed by atoms with Gasteiger partial charge in [0.1, 0.15) is 0 Å². The van der Waals surface area contributed by atoms with Gasteiger partial charge in [0.2, 0.25) is 5.91 Å². The average molecular weight is 283 g/mol. The molecule has 0 spiro atoms. The third-order valence-electron chi connectivity index (χ3n) is 3.83. The molecule has 0 N–H and O–H groups in total. The summed E-state index contributed by atoms with van der Waals surface area (Å²) in [5, 5.41) is 0. The number of hydrogen-bond donors (Lipinski definition) is 0. The second-order valence-electron chi connectivity index (χ2n) is 5.67. The molecule has 0 saturated heterocycles. The van der Waals surface area contributed by atoms with Gasteiger partial charge in [-0.3, -0.25) is 4.79 Å². The zero-order chi connectivity index (χ0) is 14.3. The number of rotatable bonds is 4. The van der Waals surface area contributed by atoms with E-state index in [2.05, 4.69) is 0 Å². The Balaban J connectivity index is 1.70. The van der Waals surface area contributed by atoms with E-state index in [0.29, 0.717) is 12.6 Å². The molecule has 108 valence electrons. The maximum absolute atomic E-state index is 12.5. The monoisotopic (exact) mass is 283 g/mol. The molecule has 2 fully saturated rings. The van der Waals surface area contributed by atoms with Gasteiger partial charge in [-0.2, -0.15) is 13.2 Å². The summed E-state index contributed by atoms with van der Waals surface area (Å²) in [6.45, 7) is 0.429. The molecule has 3 rings (SSSR count). The van der Waals surface area contributed by atoms with Gasteiger partial charge in [0.15, 0.2) is 0 Å². The Labute approximate surface area is 115 Å². The molecule has 2 nitrogen and oxygen atoms in total. The number of alkyl halides is 3. The number of halogens is 3. The van der Waals surface area contributed by atoms with Crippen molar-refractivity contribution in [1.82, 2.24) is 4.90 Å². The van der Waals surface area contributed by atoms with Crippen LogP contribution in [0, 0.1) is 5.92 Å². The number of nitrogens with zero attached hydrogens (tertiary/aromatic N) is 1. The fraction of sp³-hybridized carbons (Fsp3) is 0.533. The maximum atomic E-state index is 12.5. The second kappa shape index (κ2) is 4.79. The van der Waals surface area contributed by atoms with Crippen molar-refractivity contribution in [3.63, 3.8) is 0 Å². The molecule has 0 atom stereocenters. The molecule has 0 aromatic heterocycles. The Morgan fingerprint density at radius 3 is 2.15 bits per heavy atom. The van der Waals surface area contributed by atoms with E-state index in [0.717, 1.165) is 43.4 Å². The molecule has 5 heteroatoms. The minimum absolute atomic E-state index is 0.157. The molecule has 1 amide bonds. The smallest absolute Gasteiger partial charge is 0.335 e. The molecule has 1 aromatic rings. The van der Waals surface area contributed by atoms with Gasteiger partial charge in [-0.15, -0.1) is 0 Å². The lowest BCUT2D eigenvalue weighted by molar-refractivity contribution is -0.137. The lowest BCUT2D eigenvalue weighted by Crippen LogP contribution is -2.33. The number of benzene rings is 1. The van der Waals surface area contributed by atoms with Crippen LogP contribution in [0.1, 0.15) is 36.8 Å². The third-order valence-corrected chi connectivity index (χ3v) is 3.83. The Kier molecular flexibility index (Phi) is 3.22. The molecule has 0 heterocycles. The molecular weight excluding hydrogens is 267 g/mol. The fourth-order valence-corrected chi connectivity index (χ4v) is 2.33. The standard InChI is InChI=1S/C15H16F3NO/c16-15(17,18)12-5-1-10(2-6-12)9-19(13-7-8-13)14(20)11-3-4-11/h1-2,5-6,11,13H,3-4,7-9H2.